The van der Waals surface area contributed by atoms with E-state index in [1.165, 1.54) is 50.1 Å². The lowest BCUT2D eigenvalue weighted by molar-refractivity contribution is 0.143. The monoisotopic (exact) mass is 276 g/mol. The van der Waals surface area contributed by atoms with Crippen LogP contribution in [0.25, 0.3) is 0 Å². The highest BCUT2D eigenvalue weighted by molar-refractivity contribution is 5.17. The van der Waals surface area contributed by atoms with E-state index in [2.05, 4.69) is 30.1 Å². The number of piperidine rings is 1. The van der Waals surface area contributed by atoms with Crippen molar-refractivity contribution in [3.63, 3.8) is 0 Å². The molecule has 2 heterocycles. The Morgan fingerprint density at radius 2 is 2.00 bits per heavy atom. The van der Waals surface area contributed by atoms with Crippen LogP contribution >= 0.6 is 0 Å². The molecule has 0 aromatic carbocycles. The van der Waals surface area contributed by atoms with Gasteiger partial charge in [-0.2, -0.15) is 0 Å². The second kappa shape index (κ2) is 6.31. The van der Waals surface area contributed by atoms with Gasteiger partial charge in [-0.15, -0.1) is 0 Å². The van der Waals surface area contributed by atoms with Crippen LogP contribution in [0.5, 0.6) is 0 Å². The minimum absolute atomic E-state index is 0.763. The van der Waals surface area contributed by atoms with E-state index in [1.807, 2.05) is 6.26 Å². The Labute approximate surface area is 122 Å². The van der Waals surface area contributed by atoms with E-state index >= 15 is 0 Å². The van der Waals surface area contributed by atoms with Crippen LogP contribution < -0.4 is 5.32 Å². The zero-order chi connectivity index (χ0) is 13.9. The zero-order valence-corrected chi connectivity index (χ0v) is 12.9. The standard InChI is InChI=1S/C17H28N2O/c1-13(2)14-5-8-19(9-6-14)12-17-15(7-10-20-17)11-18-16-3-4-16/h7,10,13-14,16,18H,3-6,8-9,11-12H2,1-2H3. The molecule has 1 aliphatic carbocycles. The Morgan fingerprint density at radius 1 is 1.25 bits per heavy atom. The van der Waals surface area contributed by atoms with Gasteiger partial charge in [0.15, 0.2) is 0 Å². The fraction of sp³-hybridized carbons (Fsp3) is 0.765. The first-order valence-corrected chi connectivity index (χ1v) is 8.23. The van der Waals surface area contributed by atoms with E-state index in [0.717, 1.165) is 31.0 Å². The topological polar surface area (TPSA) is 28.4 Å². The van der Waals surface area contributed by atoms with Gasteiger partial charge in [-0.25, -0.2) is 0 Å². The fourth-order valence-corrected chi connectivity index (χ4v) is 3.19. The molecule has 3 nitrogen and oxygen atoms in total. The summed E-state index contributed by atoms with van der Waals surface area (Å²) in [4.78, 5) is 2.55. The number of rotatable bonds is 6. The minimum atomic E-state index is 0.763. The Kier molecular flexibility index (Phi) is 4.47. The van der Waals surface area contributed by atoms with E-state index in [1.54, 1.807) is 0 Å². The van der Waals surface area contributed by atoms with Crippen molar-refractivity contribution in [3.05, 3.63) is 23.7 Å². The second-order valence-electron chi connectivity index (χ2n) is 6.88. The Balaban J connectivity index is 1.49. The zero-order valence-electron chi connectivity index (χ0n) is 12.9. The first-order chi connectivity index (χ1) is 9.72. The first-order valence-electron chi connectivity index (χ1n) is 8.23. The molecular formula is C17H28N2O. The first kappa shape index (κ1) is 14.2. The number of hydrogen-bond donors (Lipinski definition) is 1. The molecule has 1 N–H and O–H groups in total. The lowest BCUT2D eigenvalue weighted by Gasteiger charge is -2.33. The lowest BCUT2D eigenvalue weighted by atomic mass is 9.87. The highest BCUT2D eigenvalue weighted by atomic mass is 16.3. The third-order valence-electron chi connectivity index (χ3n) is 4.94. The van der Waals surface area contributed by atoms with Crippen molar-refractivity contribution in [3.8, 4) is 0 Å². The second-order valence-corrected chi connectivity index (χ2v) is 6.88. The molecule has 1 aromatic rings. The molecule has 0 bridgehead atoms. The fourth-order valence-electron chi connectivity index (χ4n) is 3.19. The van der Waals surface area contributed by atoms with Gasteiger partial charge in [-0.3, -0.25) is 4.90 Å². The summed E-state index contributed by atoms with van der Waals surface area (Å²) in [5, 5.41) is 3.58. The molecule has 2 aliphatic rings. The van der Waals surface area contributed by atoms with Gasteiger partial charge in [-0.05, 0) is 56.7 Å². The smallest absolute Gasteiger partial charge is 0.122 e. The molecule has 20 heavy (non-hydrogen) atoms. The van der Waals surface area contributed by atoms with E-state index in [9.17, 15) is 0 Å². The molecule has 1 saturated heterocycles. The molecule has 0 radical (unpaired) electrons. The molecule has 2 fully saturated rings. The van der Waals surface area contributed by atoms with Gasteiger partial charge in [0.05, 0.1) is 12.8 Å². The molecule has 1 saturated carbocycles. The predicted octanol–water partition coefficient (Wildman–Crippen LogP) is 3.40. The number of nitrogens with one attached hydrogen (secondary N) is 1. The maximum atomic E-state index is 5.71. The summed E-state index contributed by atoms with van der Waals surface area (Å²) in [7, 11) is 0. The number of nitrogens with zero attached hydrogens (tertiary/aromatic N) is 1. The van der Waals surface area contributed by atoms with Gasteiger partial charge in [0.2, 0.25) is 0 Å². The number of likely N-dealkylation sites (tertiary alicyclic amines) is 1. The summed E-state index contributed by atoms with van der Waals surface area (Å²) in [6, 6.07) is 2.89. The van der Waals surface area contributed by atoms with Gasteiger partial charge in [0.1, 0.15) is 5.76 Å². The quantitative estimate of drug-likeness (QED) is 0.863. The summed E-state index contributed by atoms with van der Waals surface area (Å²) in [6.45, 7) is 9.11. The molecule has 3 heteroatoms. The largest absolute Gasteiger partial charge is 0.468 e. The van der Waals surface area contributed by atoms with Crippen molar-refractivity contribution < 1.29 is 4.42 Å². The molecule has 1 aromatic heterocycles. The van der Waals surface area contributed by atoms with Crippen LogP contribution in [-0.4, -0.2) is 24.0 Å². The maximum absolute atomic E-state index is 5.71. The maximum Gasteiger partial charge on any atom is 0.122 e. The van der Waals surface area contributed by atoms with Crippen LogP contribution in [0.1, 0.15) is 50.9 Å². The van der Waals surface area contributed by atoms with E-state index in [4.69, 9.17) is 4.42 Å². The molecule has 112 valence electrons. The SMILES string of the molecule is CC(C)C1CCN(Cc2occc2CNC2CC2)CC1. The predicted molar refractivity (Wildman–Crippen MR) is 81.4 cm³/mol. The van der Waals surface area contributed by atoms with Gasteiger partial charge in [0.25, 0.3) is 0 Å². The third-order valence-corrected chi connectivity index (χ3v) is 4.94. The number of furan rings is 1. The van der Waals surface area contributed by atoms with E-state index in [-0.39, 0.29) is 0 Å². The van der Waals surface area contributed by atoms with Crippen molar-refractivity contribution >= 4 is 0 Å². The molecule has 3 rings (SSSR count). The van der Waals surface area contributed by atoms with Crippen molar-refractivity contribution in [2.45, 2.75) is 58.7 Å². The van der Waals surface area contributed by atoms with E-state index < -0.39 is 0 Å². The van der Waals surface area contributed by atoms with Gasteiger partial charge in [0, 0.05) is 18.2 Å². The summed E-state index contributed by atoms with van der Waals surface area (Å²) in [5.41, 5.74) is 1.35. The molecular weight excluding hydrogens is 248 g/mol. The summed E-state index contributed by atoms with van der Waals surface area (Å²) >= 11 is 0. The Hall–Kier alpha value is -0.800. The van der Waals surface area contributed by atoms with Crippen LogP contribution in [-0.2, 0) is 13.1 Å². The van der Waals surface area contributed by atoms with Gasteiger partial charge >= 0.3 is 0 Å². The average Bonchev–Trinajstić information content (AvgIpc) is 3.18. The molecule has 1 aliphatic heterocycles. The Morgan fingerprint density at radius 3 is 2.65 bits per heavy atom. The molecule has 0 spiro atoms. The highest BCUT2D eigenvalue weighted by Gasteiger charge is 2.24. The van der Waals surface area contributed by atoms with Gasteiger partial charge < -0.3 is 9.73 Å². The highest BCUT2D eigenvalue weighted by Crippen LogP contribution is 2.26. The van der Waals surface area contributed by atoms with Crippen molar-refractivity contribution in [1.29, 1.82) is 0 Å². The molecule has 0 atom stereocenters. The van der Waals surface area contributed by atoms with Crippen LogP contribution in [0, 0.1) is 11.8 Å². The summed E-state index contributed by atoms with van der Waals surface area (Å²) in [5.74, 6) is 2.92. The van der Waals surface area contributed by atoms with E-state index in [0.29, 0.717) is 0 Å². The minimum Gasteiger partial charge on any atom is -0.468 e. The van der Waals surface area contributed by atoms with Crippen LogP contribution in [0.2, 0.25) is 0 Å². The average molecular weight is 276 g/mol. The summed E-state index contributed by atoms with van der Waals surface area (Å²) in [6.07, 6.45) is 7.22. The van der Waals surface area contributed by atoms with Crippen LogP contribution in [0.4, 0.5) is 0 Å². The summed E-state index contributed by atoms with van der Waals surface area (Å²) < 4.78 is 5.71. The van der Waals surface area contributed by atoms with Gasteiger partial charge in [-0.1, -0.05) is 13.8 Å². The van der Waals surface area contributed by atoms with Crippen LogP contribution in [0.15, 0.2) is 16.7 Å². The number of hydrogen-bond acceptors (Lipinski definition) is 3. The van der Waals surface area contributed by atoms with Crippen molar-refractivity contribution in [2.24, 2.45) is 11.8 Å². The van der Waals surface area contributed by atoms with Crippen molar-refractivity contribution in [1.82, 2.24) is 10.2 Å². The Bertz CT molecular complexity index is 414. The third kappa shape index (κ3) is 3.64. The molecule has 0 amide bonds. The van der Waals surface area contributed by atoms with Crippen molar-refractivity contribution in [2.75, 3.05) is 13.1 Å². The molecule has 0 unspecified atom stereocenters. The van der Waals surface area contributed by atoms with Crippen LogP contribution in [0.3, 0.4) is 0 Å². The lowest BCUT2D eigenvalue weighted by Crippen LogP contribution is -2.35. The normalized spacial score (nSPS) is 21.8.